The van der Waals surface area contributed by atoms with Crippen molar-refractivity contribution in [1.82, 2.24) is 9.80 Å². The maximum absolute atomic E-state index is 12.5. The predicted molar refractivity (Wildman–Crippen MR) is 112 cm³/mol. The highest BCUT2D eigenvalue weighted by molar-refractivity contribution is 8.00. The van der Waals surface area contributed by atoms with Crippen molar-refractivity contribution in [2.45, 2.75) is 11.3 Å². The van der Waals surface area contributed by atoms with Crippen molar-refractivity contribution in [3.8, 4) is 5.75 Å². The lowest BCUT2D eigenvalue weighted by Crippen LogP contribution is -2.51. The molecule has 1 heterocycles. The van der Waals surface area contributed by atoms with Crippen LogP contribution < -0.4 is 4.74 Å². The van der Waals surface area contributed by atoms with Crippen LogP contribution in [0.15, 0.2) is 53.4 Å². The van der Waals surface area contributed by atoms with E-state index in [0.717, 1.165) is 16.2 Å². The summed E-state index contributed by atoms with van der Waals surface area (Å²) in [7, 11) is 1.63. The Morgan fingerprint density at radius 3 is 2.07 bits per heavy atom. The molecule has 1 fully saturated rings. The molecule has 5 nitrogen and oxygen atoms in total. The summed E-state index contributed by atoms with van der Waals surface area (Å²) in [6, 6.07) is 15.0. The van der Waals surface area contributed by atoms with Crippen molar-refractivity contribution >= 4 is 35.2 Å². The molecule has 3 rings (SSSR count). The molecule has 148 valence electrons. The van der Waals surface area contributed by atoms with Crippen LogP contribution >= 0.6 is 23.4 Å². The summed E-state index contributed by atoms with van der Waals surface area (Å²) in [6.07, 6.45) is 0.360. The van der Waals surface area contributed by atoms with Crippen LogP contribution in [0.5, 0.6) is 5.75 Å². The first-order valence-electron chi connectivity index (χ1n) is 9.12. The quantitative estimate of drug-likeness (QED) is 0.675. The Kier molecular flexibility index (Phi) is 7.23. The van der Waals surface area contributed by atoms with E-state index >= 15 is 0 Å². The minimum Gasteiger partial charge on any atom is -0.497 e. The molecule has 1 aliphatic heterocycles. The molecule has 0 bridgehead atoms. The third-order valence-corrected chi connectivity index (χ3v) is 5.92. The molecule has 0 atom stereocenters. The lowest BCUT2D eigenvalue weighted by Gasteiger charge is -2.35. The average Bonchev–Trinajstić information content (AvgIpc) is 2.74. The van der Waals surface area contributed by atoms with Crippen LogP contribution in [-0.2, 0) is 16.0 Å². The van der Waals surface area contributed by atoms with Crippen molar-refractivity contribution in [3.63, 3.8) is 0 Å². The van der Waals surface area contributed by atoms with Crippen LogP contribution in [0.3, 0.4) is 0 Å². The van der Waals surface area contributed by atoms with Gasteiger partial charge in [-0.2, -0.15) is 0 Å². The molecule has 1 aliphatic rings. The second-order valence-corrected chi connectivity index (χ2v) is 8.01. The summed E-state index contributed by atoms with van der Waals surface area (Å²) in [4.78, 5) is 29.6. The van der Waals surface area contributed by atoms with E-state index in [1.165, 1.54) is 11.8 Å². The first-order chi connectivity index (χ1) is 13.5. The molecule has 0 aromatic heterocycles. The molecule has 0 aliphatic carbocycles. The van der Waals surface area contributed by atoms with Crippen LogP contribution in [0.25, 0.3) is 0 Å². The monoisotopic (exact) mass is 418 g/mol. The van der Waals surface area contributed by atoms with Gasteiger partial charge in [0.25, 0.3) is 0 Å². The summed E-state index contributed by atoms with van der Waals surface area (Å²) in [5, 5.41) is 0.663. The molecule has 2 aromatic rings. The number of thioether (sulfide) groups is 1. The van der Waals surface area contributed by atoms with Crippen molar-refractivity contribution in [3.05, 3.63) is 59.1 Å². The van der Waals surface area contributed by atoms with Crippen LogP contribution in [0.4, 0.5) is 0 Å². The Hall–Kier alpha value is -2.18. The van der Waals surface area contributed by atoms with Crippen molar-refractivity contribution < 1.29 is 14.3 Å². The number of methoxy groups -OCH3 is 1. The highest BCUT2D eigenvalue weighted by atomic mass is 35.5. The molecule has 7 heteroatoms. The third-order valence-electron chi connectivity index (χ3n) is 4.68. The highest BCUT2D eigenvalue weighted by Gasteiger charge is 2.24. The number of benzene rings is 2. The number of carbonyl (C=O) groups is 2. The normalized spacial score (nSPS) is 14.1. The Labute approximate surface area is 174 Å². The second-order valence-electron chi connectivity index (χ2n) is 6.53. The van der Waals surface area contributed by atoms with E-state index in [1.54, 1.807) is 19.2 Å². The lowest BCUT2D eigenvalue weighted by molar-refractivity contribution is -0.137. The van der Waals surface area contributed by atoms with Gasteiger partial charge in [0.15, 0.2) is 0 Å². The molecule has 0 saturated carbocycles. The zero-order chi connectivity index (χ0) is 19.9. The standard InChI is InChI=1S/C21H23ClN2O3S/c1-27-18-6-8-19(9-7-18)28-15-21(26)24-12-10-23(11-13-24)20(25)14-16-2-4-17(22)5-3-16/h2-9H,10-15H2,1H3. The number of amides is 2. The van der Waals surface area contributed by atoms with E-state index in [9.17, 15) is 9.59 Å². The maximum atomic E-state index is 12.5. The second kappa shape index (κ2) is 9.85. The fourth-order valence-corrected chi connectivity index (χ4v) is 3.93. The van der Waals surface area contributed by atoms with Crippen molar-refractivity contribution in [2.24, 2.45) is 0 Å². The fraction of sp³-hybridized carbons (Fsp3) is 0.333. The topological polar surface area (TPSA) is 49.9 Å². The van der Waals surface area contributed by atoms with Crippen LogP contribution in [0.2, 0.25) is 5.02 Å². The van der Waals surface area contributed by atoms with E-state index in [4.69, 9.17) is 16.3 Å². The molecule has 28 heavy (non-hydrogen) atoms. The number of hydrogen-bond donors (Lipinski definition) is 0. The molecule has 0 unspecified atom stereocenters. The van der Waals surface area contributed by atoms with Gasteiger partial charge in [0.05, 0.1) is 19.3 Å². The summed E-state index contributed by atoms with van der Waals surface area (Å²) in [6.45, 7) is 2.31. The van der Waals surface area contributed by atoms with Gasteiger partial charge in [-0.05, 0) is 42.0 Å². The zero-order valence-electron chi connectivity index (χ0n) is 15.8. The van der Waals surface area contributed by atoms with Gasteiger partial charge >= 0.3 is 0 Å². The fourth-order valence-electron chi connectivity index (χ4n) is 3.00. The number of piperazine rings is 1. The third kappa shape index (κ3) is 5.66. The summed E-state index contributed by atoms with van der Waals surface area (Å²) < 4.78 is 5.14. The van der Waals surface area contributed by atoms with E-state index < -0.39 is 0 Å². The minimum absolute atomic E-state index is 0.0852. The Morgan fingerprint density at radius 2 is 1.50 bits per heavy atom. The van der Waals surface area contributed by atoms with Gasteiger partial charge in [-0.1, -0.05) is 23.7 Å². The van der Waals surface area contributed by atoms with Crippen LogP contribution in [-0.4, -0.2) is 60.7 Å². The molecule has 0 spiro atoms. The number of nitrogens with zero attached hydrogens (tertiary/aromatic N) is 2. The van der Waals surface area contributed by atoms with Gasteiger partial charge in [0.1, 0.15) is 5.75 Å². The van der Waals surface area contributed by atoms with Gasteiger partial charge in [0, 0.05) is 36.1 Å². The number of carbonyl (C=O) groups excluding carboxylic acids is 2. The highest BCUT2D eigenvalue weighted by Crippen LogP contribution is 2.22. The maximum Gasteiger partial charge on any atom is 0.233 e. The molecule has 0 radical (unpaired) electrons. The Bertz CT molecular complexity index is 803. The smallest absolute Gasteiger partial charge is 0.233 e. The Balaban J connectivity index is 1.42. The first kappa shape index (κ1) is 20.6. The minimum atomic E-state index is 0.0852. The molecular formula is C21H23ClN2O3S. The molecule has 0 N–H and O–H groups in total. The number of rotatable bonds is 6. The van der Waals surface area contributed by atoms with Crippen molar-refractivity contribution in [1.29, 1.82) is 0 Å². The average molecular weight is 419 g/mol. The number of hydrogen-bond acceptors (Lipinski definition) is 4. The number of halogens is 1. The first-order valence-corrected chi connectivity index (χ1v) is 10.5. The van der Waals surface area contributed by atoms with Gasteiger partial charge in [-0.15, -0.1) is 11.8 Å². The van der Waals surface area contributed by atoms with Gasteiger partial charge in [0.2, 0.25) is 11.8 Å². The largest absolute Gasteiger partial charge is 0.497 e. The summed E-state index contributed by atoms with van der Waals surface area (Å²) >= 11 is 7.39. The predicted octanol–water partition coefficient (Wildman–Crippen LogP) is 3.35. The lowest BCUT2D eigenvalue weighted by atomic mass is 10.1. The van der Waals surface area contributed by atoms with Gasteiger partial charge in [-0.3, -0.25) is 9.59 Å². The van der Waals surface area contributed by atoms with Crippen molar-refractivity contribution in [2.75, 3.05) is 39.0 Å². The van der Waals surface area contributed by atoms with E-state index in [-0.39, 0.29) is 11.8 Å². The Morgan fingerprint density at radius 1 is 0.929 bits per heavy atom. The van der Waals surface area contributed by atoms with E-state index in [1.807, 2.05) is 46.2 Å². The molecule has 1 saturated heterocycles. The van der Waals surface area contributed by atoms with Crippen LogP contribution in [0, 0.1) is 0 Å². The summed E-state index contributed by atoms with van der Waals surface area (Å²) in [5.41, 5.74) is 0.948. The van der Waals surface area contributed by atoms with Gasteiger partial charge in [-0.25, -0.2) is 0 Å². The van der Waals surface area contributed by atoms with Gasteiger partial charge < -0.3 is 14.5 Å². The summed E-state index contributed by atoms with van der Waals surface area (Å²) in [5.74, 6) is 1.38. The van der Waals surface area contributed by atoms with E-state index in [0.29, 0.717) is 43.4 Å². The number of ether oxygens (including phenoxy) is 1. The molecule has 2 amide bonds. The SMILES string of the molecule is COc1ccc(SCC(=O)N2CCN(C(=O)Cc3ccc(Cl)cc3)CC2)cc1. The molecule has 2 aromatic carbocycles. The zero-order valence-corrected chi connectivity index (χ0v) is 17.3. The molecular weight excluding hydrogens is 396 g/mol. The van der Waals surface area contributed by atoms with E-state index in [2.05, 4.69) is 0 Å². The van der Waals surface area contributed by atoms with Crippen LogP contribution in [0.1, 0.15) is 5.56 Å².